The highest BCUT2D eigenvalue weighted by Crippen LogP contribution is 2.21. The first-order valence-electron chi connectivity index (χ1n) is 7.32. The summed E-state index contributed by atoms with van der Waals surface area (Å²) in [5.41, 5.74) is 1.97. The van der Waals surface area contributed by atoms with Gasteiger partial charge in [-0.2, -0.15) is 0 Å². The third-order valence-corrected chi connectivity index (χ3v) is 4.09. The number of aryl methyl sites for hydroxylation is 1. The average molecular weight is 264 g/mol. The van der Waals surface area contributed by atoms with Gasteiger partial charge in [-0.05, 0) is 45.0 Å². The maximum Gasteiger partial charge on any atom is 0.0773 e. The minimum Gasteiger partial charge on any atom is -0.391 e. The average Bonchev–Trinajstić information content (AvgIpc) is 2.40. The molecule has 1 atom stereocenters. The van der Waals surface area contributed by atoms with Gasteiger partial charge >= 0.3 is 0 Å². The van der Waals surface area contributed by atoms with E-state index in [1.165, 1.54) is 5.56 Å². The van der Waals surface area contributed by atoms with E-state index in [1.807, 2.05) is 12.3 Å². The Labute approximate surface area is 117 Å². The zero-order chi connectivity index (χ0) is 14.5. The van der Waals surface area contributed by atoms with Gasteiger partial charge in [0.2, 0.25) is 0 Å². The second-order valence-electron chi connectivity index (χ2n) is 5.56. The van der Waals surface area contributed by atoms with Crippen molar-refractivity contribution in [3.8, 4) is 0 Å². The fourth-order valence-corrected chi connectivity index (χ4v) is 2.48. The molecule has 0 aromatic carbocycles. The number of pyridine rings is 1. The van der Waals surface area contributed by atoms with Gasteiger partial charge in [0.15, 0.2) is 0 Å². The fraction of sp³-hybridized carbons (Fsp3) is 0.688. The lowest BCUT2D eigenvalue weighted by Crippen LogP contribution is -2.53. The van der Waals surface area contributed by atoms with Crippen LogP contribution in [0.25, 0.3) is 0 Å². The molecule has 0 amide bonds. The molecule has 1 rings (SSSR count). The van der Waals surface area contributed by atoms with Crippen LogP contribution in [0.5, 0.6) is 0 Å². The van der Waals surface area contributed by atoms with Gasteiger partial charge < -0.3 is 5.11 Å². The van der Waals surface area contributed by atoms with Crippen LogP contribution < -0.4 is 0 Å². The molecule has 3 heteroatoms. The van der Waals surface area contributed by atoms with E-state index in [-0.39, 0.29) is 5.54 Å². The molecule has 1 N–H and O–H groups in total. The highest BCUT2D eigenvalue weighted by atomic mass is 16.3. The van der Waals surface area contributed by atoms with Crippen molar-refractivity contribution in [1.29, 1.82) is 0 Å². The molecule has 0 fully saturated rings. The minimum absolute atomic E-state index is 0.228. The van der Waals surface area contributed by atoms with Gasteiger partial charge in [-0.1, -0.05) is 26.8 Å². The van der Waals surface area contributed by atoms with Crippen LogP contribution in [0.2, 0.25) is 0 Å². The van der Waals surface area contributed by atoms with Crippen LogP contribution in [0, 0.1) is 0 Å². The second-order valence-corrected chi connectivity index (χ2v) is 5.56. The first-order chi connectivity index (χ1) is 8.95. The predicted octanol–water partition coefficient (Wildman–Crippen LogP) is 2.67. The summed E-state index contributed by atoms with van der Waals surface area (Å²) in [5.74, 6) is 0. The van der Waals surface area contributed by atoms with Gasteiger partial charge in [-0.3, -0.25) is 9.88 Å². The quantitative estimate of drug-likeness (QED) is 0.822. The zero-order valence-electron chi connectivity index (χ0n) is 13.0. The molecule has 1 unspecified atom stereocenters. The normalized spacial score (nSPS) is 13.8. The van der Waals surface area contributed by atoms with E-state index in [1.54, 1.807) is 0 Å². The van der Waals surface area contributed by atoms with Gasteiger partial charge in [0.25, 0.3) is 0 Å². The lowest BCUT2D eigenvalue weighted by Gasteiger charge is -2.41. The Morgan fingerprint density at radius 2 is 1.84 bits per heavy atom. The molecule has 1 aromatic rings. The van der Waals surface area contributed by atoms with Crippen LogP contribution in [-0.2, 0) is 12.8 Å². The van der Waals surface area contributed by atoms with Crippen molar-refractivity contribution in [3.63, 3.8) is 0 Å². The van der Waals surface area contributed by atoms with Crippen LogP contribution in [0.3, 0.4) is 0 Å². The lowest BCUT2D eigenvalue weighted by atomic mass is 9.91. The summed E-state index contributed by atoms with van der Waals surface area (Å²) >= 11 is 0. The lowest BCUT2D eigenvalue weighted by molar-refractivity contribution is -0.00464. The Kier molecular flexibility index (Phi) is 5.95. The van der Waals surface area contributed by atoms with Crippen molar-refractivity contribution in [1.82, 2.24) is 9.88 Å². The van der Waals surface area contributed by atoms with E-state index in [0.29, 0.717) is 6.42 Å². The molecule has 1 aromatic heterocycles. The van der Waals surface area contributed by atoms with Crippen LogP contribution in [-0.4, -0.2) is 39.7 Å². The Hall–Kier alpha value is -0.930. The van der Waals surface area contributed by atoms with E-state index in [2.05, 4.69) is 50.6 Å². The van der Waals surface area contributed by atoms with Gasteiger partial charge in [0.05, 0.1) is 6.10 Å². The Balaban J connectivity index is 2.74. The SMILES string of the molecule is CCc1ccc(CC(O)C(C)(C)N(CC)CC)nc1. The van der Waals surface area contributed by atoms with Crippen molar-refractivity contribution >= 4 is 0 Å². The number of aliphatic hydroxyl groups excluding tert-OH is 1. The number of likely N-dealkylation sites (N-methyl/N-ethyl adjacent to an activating group) is 1. The molecule has 19 heavy (non-hydrogen) atoms. The number of rotatable bonds is 7. The van der Waals surface area contributed by atoms with Gasteiger partial charge in [-0.15, -0.1) is 0 Å². The summed E-state index contributed by atoms with van der Waals surface area (Å²) in [6.45, 7) is 12.5. The van der Waals surface area contributed by atoms with E-state index >= 15 is 0 Å². The smallest absolute Gasteiger partial charge is 0.0773 e. The van der Waals surface area contributed by atoms with Gasteiger partial charge in [-0.25, -0.2) is 0 Å². The highest BCUT2D eigenvalue weighted by molar-refractivity contribution is 5.15. The molecule has 0 aliphatic carbocycles. The molecule has 0 radical (unpaired) electrons. The van der Waals surface area contributed by atoms with Crippen LogP contribution in [0.4, 0.5) is 0 Å². The summed E-state index contributed by atoms with van der Waals surface area (Å²) in [6, 6.07) is 4.12. The maximum atomic E-state index is 10.5. The largest absolute Gasteiger partial charge is 0.391 e. The Bertz CT molecular complexity index is 369. The third kappa shape index (κ3) is 4.02. The number of aliphatic hydroxyl groups is 1. The van der Waals surface area contributed by atoms with Crippen molar-refractivity contribution in [2.75, 3.05) is 13.1 Å². The first-order valence-corrected chi connectivity index (χ1v) is 7.32. The molecular formula is C16H28N2O. The summed E-state index contributed by atoms with van der Waals surface area (Å²) in [4.78, 5) is 6.73. The van der Waals surface area contributed by atoms with Crippen molar-refractivity contribution in [2.45, 2.75) is 59.1 Å². The van der Waals surface area contributed by atoms with E-state index in [0.717, 1.165) is 25.2 Å². The number of aromatic nitrogens is 1. The minimum atomic E-state index is -0.410. The monoisotopic (exact) mass is 264 g/mol. The van der Waals surface area contributed by atoms with Crippen LogP contribution in [0.1, 0.15) is 45.9 Å². The second kappa shape index (κ2) is 7.01. The topological polar surface area (TPSA) is 36.4 Å². The van der Waals surface area contributed by atoms with Crippen molar-refractivity contribution in [2.24, 2.45) is 0 Å². The summed E-state index contributed by atoms with van der Waals surface area (Å²) < 4.78 is 0. The Morgan fingerprint density at radius 1 is 1.21 bits per heavy atom. The molecule has 0 bridgehead atoms. The van der Waals surface area contributed by atoms with Crippen LogP contribution >= 0.6 is 0 Å². The molecule has 0 aliphatic heterocycles. The molecular weight excluding hydrogens is 236 g/mol. The fourth-order valence-electron chi connectivity index (χ4n) is 2.48. The molecule has 3 nitrogen and oxygen atoms in total. The summed E-state index contributed by atoms with van der Waals surface area (Å²) in [7, 11) is 0. The molecule has 108 valence electrons. The standard InChI is InChI=1S/C16H28N2O/c1-6-13-9-10-14(17-12-13)11-15(19)16(4,5)18(7-2)8-3/h9-10,12,15,19H,6-8,11H2,1-5H3. The molecule has 0 spiro atoms. The van der Waals surface area contributed by atoms with E-state index in [9.17, 15) is 5.11 Å². The van der Waals surface area contributed by atoms with E-state index in [4.69, 9.17) is 0 Å². The Morgan fingerprint density at radius 3 is 2.26 bits per heavy atom. The predicted molar refractivity (Wildman–Crippen MR) is 80.3 cm³/mol. The number of nitrogens with zero attached hydrogens (tertiary/aromatic N) is 2. The van der Waals surface area contributed by atoms with Crippen molar-refractivity contribution < 1.29 is 5.11 Å². The van der Waals surface area contributed by atoms with Gasteiger partial charge in [0.1, 0.15) is 0 Å². The summed E-state index contributed by atoms with van der Waals surface area (Å²) in [5, 5.41) is 10.5. The van der Waals surface area contributed by atoms with Crippen molar-refractivity contribution in [3.05, 3.63) is 29.6 Å². The molecule has 0 saturated carbocycles. The summed E-state index contributed by atoms with van der Waals surface area (Å²) in [6.07, 6.45) is 3.10. The number of hydrogen-bond donors (Lipinski definition) is 1. The third-order valence-electron chi connectivity index (χ3n) is 4.09. The van der Waals surface area contributed by atoms with Crippen LogP contribution in [0.15, 0.2) is 18.3 Å². The van der Waals surface area contributed by atoms with E-state index < -0.39 is 6.10 Å². The van der Waals surface area contributed by atoms with Gasteiger partial charge in [0, 0.05) is 23.9 Å². The molecule has 0 saturated heterocycles. The highest BCUT2D eigenvalue weighted by Gasteiger charge is 2.32. The number of hydrogen-bond acceptors (Lipinski definition) is 3. The molecule has 1 heterocycles. The molecule has 0 aliphatic rings. The zero-order valence-corrected chi connectivity index (χ0v) is 13.0. The first kappa shape index (κ1) is 16.1. The maximum absolute atomic E-state index is 10.5.